The summed E-state index contributed by atoms with van der Waals surface area (Å²) in [6, 6.07) is 7.43. The number of amides is 1. The lowest BCUT2D eigenvalue weighted by Gasteiger charge is -2.14. The van der Waals surface area contributed by atoms with Gasteiger partial charge >= 0.3 is 0 Å². The maximum Gasteiger partial charge on any atom is 0.266 e. The van der Waals surface area contributed by atoms with E-state index < -0.39 is 0 Å². The lowest BCUT2D eigenvalue weighted by Crippen LogP contribution is -2.27. The molecule has 27 heavy (non-hydrogen) atoms. The van der Waals surface area contributed by atoms with E-state index in [1.54, 1.807) is 24.4 Å². The second-order valence-electron chi connectivity index (χ2n) is 5.59. The third-order valence-corrected chi connectivity index (χ3v) is 5.87. The van der Waals surface area contributed by atoms with Crippen LogP contribution < -0.4 is 9.47 Å². The summed E-state index contributed by atoms with van der Waals surface area (Å²) in [5, 5.41) is 0. The van der Waals surface area contributed by atoms with Crippen molar-refractivity contribution in [2.45, 2.75) is 13.5 Å². The number of nitrogens with zero attached hydrogens (tertiary/aromatic N) is 2. The Hall–Kier alpha value is -1.90. The monoisotopic (exact) mass is 464 g/mol. The van der Waals surface area contributed by atoms with Crippen LogP contribution in [0.25, 0.3) is 6.08 Å². The molecule has 0 saturated carbocycles. The lowest BCUT2D eigenvalue weighted by atomic mass is 10.1. The van der Waals surface area contributed by atoms with Crippen molar-refractivity contribution in [2.24, 2.45) is 0 Å². The predicted molar refractivity (Wildman–Crippen MR) is 115 cm³/mol. The molecular weight excluding hydrogens is 448 g/mol. The standard InChI is InChI=1S/C19H17BrN2O3S2/c1-3-25-16-7-13(14(20)9-15(16)24-2)8-17-18(23)22(19(26)27-17)11-12-5-4-6-21-10-12/h4-10H,3,11H2,1-2H3/b17-8-. The van der Waals surface area contributed by atoms with Crippen molar-refractivity contribution in [2.75, 3.05) is 13.7 Å². The van der Waals surface area contributed by atoms with E-state index in [0.717, 1.165) is 15.6 Å². The largest absolute Gasteiger partial charge is 0.493 e. The normalized spacial score (nSPS) is 15.5. The van der Waals surface area contributed by atoms with Crippen molar-refractivity contribution < 1.29 is 14.3 Å². The molecule has 1 amide bonds. The Morgan fingerprint density at radius 3 is 2.85 bits per heavy atom. The molecule has 0 bridgehead atoms. The summed E-state index contributed by atoms with van der Waals surface area (Å²) in [4.78, 5) is 19.1. The molecule has 0 N–H and O–H groups in total. The Labute approximate surface area is 175 Å². The summed E-state index contributed by atoms with van der Waals surface area (Å²) in [5.74, 6) is 1.14. The Kier molecular flexibility index (Phi) is 6.51. The number of carbonyl (C=O) groups is 1. The summed E-state index contributed by atoms with van der Waals surface area (Å²) in [7, 11) is 1.59. The van der Waals surface area contributed by atoms with Crippen LogP contribution in [0.2, 0.25) is 0 Å². The molecule has 3 rings (SSSR count). The number of thiocarbonyl (C=S) groups is 1. The zero-order valence-electron chi connectivity index (χ0n) is 14.8. The molecule has 5 nitrogen and oxygen atoms in total. The smallest absolute Gasteiger partial charge is 0.266 e. The van der Waals surface area contributed by atoms with E-state index >= 15 is 0 Å². The van der Waals surface area contributed by atoms with Crippen LogP contribution in [-0.4, -0.2) is 33.8 Å². The molecule has 0 radical (unpaired) electrons. The summed E-state index contributed by atoms with van der Waals surface area (Å²) in [6.45, 7) is 2.83. The minimum absolute atomic E-state index is 0.116. The first kappa shape index (κ1) is 19.9. The molecular formula is C19H17BrN2O3S2. The van der Waals surface area contributed by atoms with E-state index in [1.165, 1.54) is 11.8 Å². The molecule has 140 valence electrons. The average molecular weight is 465 g/mol. The van der Waals surface area contributed by atoms with Gasteiger partial charge in [0, 0.05) is 16.9 Å². The summed E-state index contributed by atoms with van der Waals surface area (Å²) < 4.78 is 12.3. The van der Waals surface area contributed by atoms with Crippen LogP contribution in [0.5, 0.6) is 11.5 Å². The van der Waals surface area contributed by atoms with Gasteiger partial charge in [0.1, 0.15) is 4.32 Å². The van der Waals surface area contributed by atoms with Gasteiger partial charge in [-0.3, -0.25) is 14.7 Å². The highest BCUT2D eigenvalue weighted by Gasteiger charge is 2.32. The predicted octanol–water partition coefficient (Wildman–Crippen LogP) is 4.65. The number of thioether (sulfide) groups is 1. The highest BCUT2D eigenvalue weighted by atomic mass is 79.9. The number of ether oxygens (including phenoxy) is 2. The zero-order chi connectivity index (χ0) is 19.4. The molecule has 0 unspecified atom stereocenters. The number of rotatable bonds is 6. The Morgan fingerprint density at radius 1 is 1.37 bits per heavy atom. The van der Waals surface area contributed by atoms with Crippen LogP contribution >= 0.6 is 39.9 Å². The molecule has 1 fully saturated rings. The third-order valence-electron chi connectivity index (χ3n) is 3.81. The van der Waals surface area contributed by atoms with Gasteiger partial charge in [0.05, 0.1) is 25.2 Å². The van der Waals surface area contributed by atoms with E-state index in [2.05, 4.69) is 20.9 Å². The van der Waals surface area contributed by atoms with E-state index in [0.29, 0.717) is 33.9 Å². The Bertz CT molecular complexity index is 903. The van der Waals surface area contributed by atoms with Crippen molar-refractivity contribution in [3.8, 4) is 11.5 Å². The third kappa shape index (κ3) is 4.51. The van der Waals surface area contributed by atoms with Crippen molar-refractivity contribution in [3.05, 3.63) is 57.2 Å². The fourth-order valence-electron chi connectivity index (χ4n) is 2.54. The molecule has 1 saturated heterocycles. The van der Waals surface area contributed by atoms with Gasteiger partial charge in [-0.05, 0) is 42.3 Å². The van der Waals surface area contributed by atoms with Crippen molar-refractivity contribution in [1.82, 2.24) is 9.88 Å². The number of carbonyl (C=O) groups excluding carboxylic acids is 1. The molecule has 2 heterocycles. The van der Waals surface area contributed by atoms with Gasteiger partial charge in [-0.2, -0.15) is 0 Å². The quantitative estimate of drug-likeness (QED) is 0.457. The maximum absolute atomic E-state index is 12.8. The summed E-state index contributed by atoms with van der Waals surface area (Å²) in [6.07, 6.45) is 5.25. The van der Waals surface area contributed by atoms with Crippen LogP contribution in [0.4, 0.5) is 0 Å². The second-order valence-corrected chi connectivity index (χ2v) is 8.12. The van der Waals surface area contributed by atoms with Crippen LogP contribution in [-0.2, 0) is 11.3 Å². The first-order valence-corrected chi connectivity index (χ1v) is 10.2. The fraction of sp³-hybridized carbons (Fsp3) is 0.211. The first-order chi connectivity index (χ1) is 13.0. The molecule has 2 aromatic rings. The van der Waals surface area contributed by atoms with E-state index in [9.17, 15) is 4.79 Å². The van der Waals surface area contributed by atoms with E-state index in [1.807, 2.05) is 37.3 Å². The Morgan fingerprint density at radius 2 is 2.19 bits per heavy atom. The lowest BCUT2D eigenvalue weighted by molar-refractivity contribution is -0.122. The number of halogens is 1. The van der Waals surface area contributed by atoms with Gasteiger partial charge in [-0.25, -0.2) is 0 Å². The minimum Gasteiger partial charge on any atom is -0.493 e. The van der Waals surface area contributed by atoms with Crippen molar-refractivity contribution in [1.29, 1.82) is 0 Å². The molecule has 0 spiro atoms. The number of methoxy groups -OCH3 is 1. The number of hydrogen-bond donors (Lipinski definition) is 0. The maximum atomic E-state index is 12.8. The molecule has 1 aromatic heterocycles. The molecule has 8 heteroatoms. The van der Waals surface area contributed by atoms with Gasteiger partial charge in [0.15, 0.2) is 11.5 Å². The second kappa shape index (κ2) is 8.86. The SMILES string of the molecule is CCOc1cc(/C=C2\SC(=S)N(Cc3cccnc3)C2=O)c(Br)cc1OC. The average Bonchev–Trinajstić information content (AvgIpc) is 2.92. The van der Waals surface area contributed by atoms with Gasteiger partial charge in [-0.1, -0.05) is 46.0 Å². The van der Waals surface area contributed by atoms with Crippen LogP contribution in [0, 0.1) is 0 Å². The van der Waals surface area contributed by atoms with Gasteiger partial charge in [0.2, 0.25) is 0 Å². The molecule has 0 atom stereocenters. The van der Waals surface area contributed by atoms with Crippen molar-refractivity contribution in [3.63, 3.8) is 0 Å². The molecule has 1 aliphatic rings. The highest BCUT2D eigenvalue weighted by molar-refractivity contribution is 9.10. The summed E-state index contributed by atoms with van der Waals surface area (Å²) >= 11 is 10.2. The number of aromatic nitrogens is 1. The van der Waals surface area contributed by atoms with Gasteiger partial charge in [0.25, 0.3) is 5.91 Å². The number of benzene rings is 1. The minimum atomic E-state index is -0.116. The highest BCUT2D eigenvalue weighted by Crippen LogP contribution is 2.38. The van der Waals surface area contributed by atoms with Crippen LogP contribution in [0.15, 0.2) is 46.0 Å². The van der Waals surface area contributed by atoms with Gasteiger partial charge in [-0.15, -0.1) is 0 Å². The molecule has 1 aliphatic heterocycles. The molecule has 1 aromatic carbocycles. The topological polar surface area (TPSA) is 51.7 Å². The number of pyridine rings is 1. The van der Waals surface area contributed by atoms with E-state index in [4.69, 9.17) is 21.7 Å². The zero-order valence-corrected chi connectivity index (χ0v) is 18.0. The van der Waals surface area contributed by atoms with Crippen LogP contribution in [0.3, 0.4) is 0 Å². The van der Waals surface area contributed by atoms with E-state index in [-0.39, 0.29) is 5.91 Å². The van der Waals surface area contributed by atoms with Crippen LogP contribution in [0.1, 0.15) is 18.1 Å². The van der Waals surface area contributed by atoms with Crippen molar-refractivity contribution >= 4 is 56.2 Å². The summed E-state index contributed by atoms with van der Waals surface area (Å²) in [5.41, 5.74) is 1.75. The first-order valence-electron chi connectivity index (χ1n) is 8.18. The fourth-order valence-corrected chi connectivity index (χ4v) is 4.22. The number of hydrogen-bond acceptors (Lipinski definition) is 6. The van der Waals surface area contributed by atoms with Gasteiger partial charge < -0.3 is 9.47 Å². The Balaban J connectivity index is 1.88. The molecule has 0 aliphatic carbocycles.